The Labute approximate surface area is 82.5 Å². The van der Waals surface area contributed by atoms with Crippen molar-refractivity contribution in [3.8, 4) is 0 Å². The summed E-state index contributed by atoms with van der Waals surface area (Å²) in [5.74, 6) is 0.325. The molecule has 1 fully saturated rings. The van der Waals surface area contributed by atoms with Crippen molar-refractivity contribution in [2.45, 2.75) is 18.4 Å². The van der Waals surface area contributed by atoms with Gasteiger partial charge in [-0.2, -0.15) is 0 Å². The quantitative estimate of drug-likeness (QED) is 0.653. The lowest BCUT2D eigenvalue weighted by atomic mass is 9.90. The van der Waals surface area contributed by atoms with Crippen molar-refractivity contribution in [2.75, 3.05) is 18.4 Å². The van der Waals surface area contributed by atoms with Crippen molar-refractivity contribution in [3.63, 3.8) is 0 Å². The third kappa shape index (κ3) is 1.12. The Morgan fingerprint density at radius 3 is 3.21 bits per heavy atom. The Kier molecular flexibility index (Phi) is 1.74. The van der Waals surface area contributed by atoms with Crippen LogP contribution in [0.4, 0.5) is 10.1 Å². The fourth-order valence-electron chi connectivity index (χ4n) is 2.53. The highest BCUT2D eigenvalue weighted by molar-refractivity contribution is 5.59. The van der Waals surface area contributed by atoms with Gasteiger partial charge in [0.05, 0.1) is 0 Å². The molecule has 14 heavy (non-hydrogen) atoms. The molecule has 2 aliphatic heterocycles. The minimum absolute atomic E-state index is 0.128. The van der Waals surface area contributed by atoms with Gasteiger partial charge in [0.25, 0.3) is 0 Å². The number of halogens is 1. The second-order valence-corrected chi connectivity index (χ2v) is 4.08. The second kappa shape index (κ2) is 2.95. The van der Waals surface area contributed by atoms with Crippen LogP contribution in [-0.4, -0.2) is 19.1 Å². The van der Waals surface area contributed by atoms with Crippen molar-refractivity contribution >= 4 is 5.69 Å². The first-order valence-corrected chi connectivity index (χ1v) is 5.11. The van der Waals surface area contributed by atoms with Crippen LogP contribution in [0.3, 0.4) is 0 Å². The van der Waals surface area contributed by atoms with Crippen LogP contribution in [0.25, 0.3) is 0 Å². The SMILES string of the molecule is Fc1ccc2c(c1)[C@@H]1CNCC[C@H]1N2. The largest absolute Gasteiger partial charge is 0.381 e. The zero-order chi connectivity index (χ0) is 9.54. The molecule has 1 saturated heterocycles. The van der Waals surface area contributed by atoms with E-state index in [1.807, 2.05) is 6.07 Å². The van der Waals surface area contributed by atoms with Gasteiger partial charge < -0.3 is 10.6 Å². The number of nitrogens with one attached hydrogen (secondary N) is 2. The summed E-state index contributed by atoms with van der Waals surface area (Å²) in [5.41, 5.74) is 2.26. The zero-order valence-electron chi connectivity index (χ0n) is 7.89. The van der Waals surface area contributed by atoms with E-state index in [0.29, 0.717) is 12.0 Å². The fraction of sp³-hybridized carbons (Fsp3) is 0.455. The van der Waals surface area contributed by atoms with E-state index in [1.165, 1.54) is 6.07 Å². The van der Waals surface area contributed by atoms with Crippen LogP contribution in [-0.2, 0) is 0 Å². The smallest absolute Gasteiger partial charge is 0.123 e. The number of fused-ring (bicyclic) bond motifs is 3. The summed E-state index contributed by atoms with van der Waals surface area (Å²) in [7, 11) is 0. The molecule has 0 saturated carbocycles. The third-order valence-electron chi connectivity index (χ3n) is 3.24. The maximum absolute atomic E-state index is 13.1. The molecule has 2 N–H and O–H groups in total. The average molecular weight is 192 g/mol. The molecule has 2 atom stereocenters. The van der Waals surface area contributed by atoms with E-state index in [1.54, 1.807) is 6.07 Å². The van der Waals surface area contributed by atoms with Gasteiger partial charge in [-0.25, -0.2) is 4.39 Å². The van der Waals surface area contributed by atoms with Gasteiger partial charge in [-0.3, -0.25) is 0 Å². The maximum atomic E-state index is 13.1. The summed E-state index contributed by atoms with van der Waals surface area (Å²) < 4.78 is 13.1. The van der Waals surface area contributed by atoms with Crippen LogP contribution in [0.15, 0.2) is 18.2 Å². The Bertz CT molecular complexity index is 364. The molecule has 0 spiro atoms. The van der Waals surface area contributed by atoms with Crippen molar-refractivity contribution < 1.29 is 4.39 Å². The Hall–Kier alpha value is -1.09. The molecule has 0 aromatic heterocycles. The third-order valence-corrected chi connectivity index (χ3v) is 3.24. The highest BCUT2D eigenvalue weighted by Gasteiger charge is 2.33. The Morgan fingerprint density at radius 1 is 1.36 bits per heavy atom. The van der Waals surface area contributed by atoms with Crippen molar-refractivity contribution in [2.24, 2.45) is 0 Å². The molecule has 2 aliphatic rings. The van der Waals surface area contributed by atoms with E-state index < -0.39 is 0 Å². The second-order valence-electron chi connectivity index (χ2n) is 4.08. The molecule has 2 nitrogen and oxygen atoms in total. The van der Waals surface area contributed by atoms with Gasteiger partial charge in [0.15, 0.2) is 0 Å². The van der Waals surface area contributed by atoms with Crippen molar-refractivity contribution in [1.29, 1.82) is 0 Å². The molecule has 0 bridgehead atoms. The number of rotatable bonds is 0. The fourth-order valence-corrected chi connectivity index (χ4v) is 2.53. The molecule has 3 rings (SSSR count). The number of benzene rings is 1. The van der Waals surface area contributed by atoms with Gasteiger partial charge in [0, 0.05) is 24.2 Å². The molecule has 0 aliphatic carbocycles. The van der Waals surface area contributed by atoms with E-state index in [9.17, 15) is 4.39 Å². The standard InChI is InChI=1S/C11H13FN2/c12-7-1-2-10-8(5-7)9-6-13-4-3-11(9)14-10/h1-2,5,9,11,13-14H,3-4,6H2/t9-,11+/m0/s1. The minimum Gasteiger partial charge on any atom is -0.381 e. The molecule has 0 unspecified atom stereocenters. The summed E-state index contributed by atoms with van der Waals surface area (Å²) in [6.07, 6.45) is 1.13. The molecule has 3 heteroatoms. The lowest BCUT2D eigenvalue weighted by Gasteiger charge is -2.26. The van der Waals surface area contributed by atoms with Crippen LogP contribution in [0, 0.1) is 5.82 Å². The molecule has 1 aromatic rings. The lowest BCUT2D eigenvalue weighted by Crippen LogP contribution is -2.38. The van der Waals surface area contributed by atoms with E-state index >= 15 is 0 Å². The molecule has 74 valence electrons. The van der Waals surface area contributed by atoms with Gasteiger partial charge in [-0.1, -0.05) is 0 Å². The van der Waals surface area contributed by atoms with Gasteiger partial charge in [0.2, 0.25) is 0 Å². The summed E-state index contributed by atoms with van der Waals surface area (Å²) in [6, 6.07) is 5.55. The number of hydrogen-bond acceptors (Lipinski definition) is 2. The number of hydrogen-bond donors (Lipinski definition) is 2. The monoisotopic (exact) mass is 192 g/mol. The van der Waals surface area contributed by atoms with Crippen LogP contribution in [0.2, 0.25) is 0 Å². The van der Waals surface area contributed by atoms with E-state index in [2.05, 4.69) is 10.6 Å². The van der Waals surface area contributed by atoms with Crippen LogP contribution < -0.4 is 10.6 Å². The maximum Gasteiger partial charge on any atom is 0.123 e. The van der Waals surface area contributed by atoms with E-state index in [-0.39, 0.29) is 5.82 Å². The summed E-state index contributed by atoms with van der Waals surface area (Å²) >= 11 is 0. The predicted octanol–water partition coefficient (Wildman–Crippen LogP) is 1.70. The van der Waals surface area contributed by atoms with Crippen LogP contribution in [0.5, 0.6) is 0 Å². The predicted molar refractivity (Wildman–Crippen MR) is 54.0 cm³/mol. The summed E-state index contributed by atoms with van der Waals surface area (Å²) in [5, 5.41) is 6.81. The van der Waals surface area contributed by atoms with Crippen LogP contribution >= 0.6 is 0 Å². The highest BCUT2D eigenvalue weighted by Crippen LogP contribution is 2.38. The Morgan fingerprint density at radius 2 is 2.29 bits per heavy atom. The van der Waals surface area contributed by atoms with E-state index in [4.69, 9.17) is 0 Å². The van der Waals surface area contributed by atoms with Gasteiger partial charge in [-0.15, -0.1) is 0 Å². The molecule has 2 heterocycles. The van der Waals surface area contributed by atoms with Gasteiger partial charge in [0.1, 0.15) is 5.82 Å². The zero-order valence-corrected chi connectivity index (χ0v) is 7.89. The first-order chi connectivity index (χ1) is 6.84. The molecule has 0 radical (unpaired) electrons. The van der Waals surface area contributed by atoms with Crippen molar-refractivity contribution in [1.82, 2.24) is 5.32 Å². The van der Waals surface area contributed by atoms with Crippen molar-refractivity contribution in [3.05, 3.63) is 29.6 Å². The summed E-state index contributed by atoms with van der Waals surface area (Å²) in [4.78, 5) is 0. The molecule has 1 aromatic carbocycles. The summed E-state index contributed by atoms with van der Waals surface area (Å²) in [6.45, 7) is 2.03. The first-order valence-electron chi connectivity index (χ1n) is 5.11. The average Bonchev–Trinajstić information content (AvgIpc) is 2.56. The minimum atomic E-state index is -0.128. The van der Waals surface area contributed by atoms with E-state index in [0.717, 1.165) is 30.8 Å². The Balaban J connectivity index is 2.02. The van der Waals surface area contributed by atoms with Gasteiger partial charge >= 0.3 is 0 Å². The number of anilines is 1. The highest BCUT2D eigenvalue weighted by atomic mass is 19.1. The van der Waals surface area contributed by atoms with Crippen LogP contribution in [0.1, 0.15) is 17.9 Å². The normalized spacial score (nSPS) is 29.2. The molecule has 0 amide bonds. The molecular formula is C11H13FN2. The topological polar surface area (TPSA) is 24.1 Å². The van der Waals surface area contributed by atoms with Gasteiger partial charge in [-0.05, 0) is 36.7 Å². The first kappa shape index (κ1) is 8.24. The molecular weight excluding hydrogens is 179 g/mol. The number of piperidine rings is 1. The lowest BCUT2D eigenvalue weighted by molar-refractivity contribution is 0.439.